The zero-order valence-corrected chi connectivity index (χ0v) is 34.2. The number of phosphoric acid groups is 3. The average Bonchev–Trinajstić information content (AvgIpc) is 3.67. The molecule has 26 nitrogen and oxygen atoms in total. The Morgan fingerprint density at radius 1 is 1.05 bits per heavy atom. The highest BCUT2D eigenvalue weighted by atomic mass is 32.2. The van der Waals surface area contributed by atoms with Crippen molar-refractivity contribution in [1.29, 1.82) is 0 Å². The van der Waals surface area contributed by atoms with Gasteiger partial charge in [-0.05, 0) is 18.9 Å². The second-order valence-corrected chi connectivity index (χ2v) is 18.3. The summed E-state index contributed by atoms with van der Waals surface area (Å²) in [5, 5.41) is 34.6. The highest BCUT2D eigenvalue weighted by molar-refractivity contribution is 8.14. The number of unbranched alkanes of at least 4 members (excludes halogenated alkanes) is 1. The molecule has 2 amide bonds. The zero-order valence-electron chi connectivity index (χ0n) is 30.7. The summed E-state index contributed by atoms with van der Waals surface area (Å²) in [6, 6.07) is 0. The molecule has 0 spiro atoms. The van der Waals surface area contributed by atoms with Gasteiger partial charge in [0.2, 0.25) is 16.9 Å². The van der Waals surface area contributed by atoms with Crippen LogP contribution < -0.4 is 16.4 Å². The van der Waals surface area contributed by atoms with Crippen LogP contribution in [0.25, 0.3) is 11.2 Å². The number of aliphatic hydroxyl groups is 2. The number of carbonyl (C=O) groups is 4. The fourth-order valence-corrected chi connectivity index (χ4v) is 8.31. The van der Waals surface area contributed by atoms with Gasteiger partial charge in [-0.25, -0.2) is 28.6 Å². The maximum absolute atomic E-state index is 12.7. The molecule has 2 aromatic rings. The number of anilines is 1. The van der Waals surface area contributed by atoms with E-state index in [0.29, 0.717) is 12.8 Å². The fraction of sp³-hybridized carbons (Fsp3) is 0.607. The number of carboxylic acids is 1. The molecule has 1 aliphatic heterocycles. The summed E-state index contributed by atoms with van der Waals surface area (Å²) in [7, 11) is -16.4. The minimum absolute atomic E-state index is 0.0104. The predicted molar refractivity (Wildman–Crippen MR) is 198 cm³/mol. The van der Waals surface area contributed by atoms with Crippen LogP contribution in [0.4, 0.5) is 5.82 Å². The molecule has 0 saturated carbocycles. The summed E-state index contributed by atoms with van der Waals surface area (Å²) < 4.78 is 62.0. The van der Waals surface area contributed by atoms with Gasteiger partial charge in [0.25, 0.3) is 0 Å². The first-order valence-corrected chi connectivity index (χ1v) is 22.4. The quantitative estimate of drug-likeness (QED) is 0.0360. The van der Waals surface area contributed by atoms with Crippen LogP contribution in [0, 0.1) is 5.41 Å². The summed E-state index contributed by atoms with van der Waals surface area (Å²) >= 11 is 0.931. The van der Waals surface area contributed by atoms with Gasteiger partial charge < -0.3 is 56.0 Å². The summed E-state index contributed by atoms with van der Waals surface area (Å²) in [6.45, 7) is 0.293. The minimum Gasteiger partial charge on any atom is -0.481 e. The molecule has 0 aromatic carbocycles. The zero-order chi connectivity index (χ0) is 43.5. The lowest BCUT2D eigenvalue weighted by Gasteiger charge is -2.30. The number of rotatable bonds is 24. The van der Waals surface area contributed by atoms with Gasteiger partial charge >= 0.3 is 29.4 Å². The van der Waals surface area contributed by atoms with Gasteiger partial charge in [0, 0.05) is 37.1 Å². The van der Waals surface area contributed by atoms with E-state index < -0.39 is 90.5 Å². The van der Waals surface area contributed by atoms with Crippen LogP contribution in [-0.4, -0.2) is 134 Å². The van der Waals surface area contributed by atoms with E-state index >= 15 is 0 Å². The third kappa shape index (κ3) is 15.7. The Hall–Kier alpha value is -3.23. The molecule has 30 heteroatoms. The van der Waals surface area contributed by atoms with Crippen molar-refractivity contribution in [3.63, 3.8) is 0 Å². The smallest absolute Gasteiger partial charge is 0.481 e. The molecule has 1 aliphatic rings. The van der Waals surface area contributed by atoms with Crippen molar-refractivity contribution in [3.8, 4) is 0 Å². The van der Waals surface area contributed by atoms with Crippen molar-refractivity contribution >= 4 is 75.1 Å². The number of thioether (sulfide) groups is 1. The van der Waals surface area contributed by atoms with E-state index in [0.717, 1.165) is 29.0 Å². The molecule has 11 N–H and O–H groups in total. The van der Waals surface area contributed by atoms with E-state index in [9.17, 15) is 62.7 Å². The lowest BCUT2D eigenvalue weighted by molar-refractivity contribution is -0.137. The van der Waals surface area contributed by atoms with Crippen LogP contribution in [0.5, 0.6) is 0 Å². The molecule has 1 fully saturated rings. The van der Waals surface area contributed by atoms with Crippen LogP contribution in [0.3, 0.4) is 0 Å². The second-order valence-electron chi connectivity index (χ2n) is 12.9. The number of amides is 2. The number of allylic oxidation sites excluding steroid dienone is 1. The number of hydrogen-bond acceptors (Lipinski definition) is 19. The highest BCUT2D eigenvalue weighted by Gasteiger charge is 2.50. The number of aliphatic carboxylic acids is 1. The fourth-order valence-electron chi connectivity index (χ4n) is 4.88. The molecule has 58 heavy (non-hydrogen) atoms. The standard InChI is InChI=1S/C28H44N7O19P3S/c1-28(2,23(41)26(42)31-9-8-17(36)30-10-11-58-19(39)7-5-3-4-6-18(37)38)13-51-57(48,49)54-56(46,47)50-12-16-22(53-55(43,44)45)21(40)27(52-16)35-15-34-20-24(29)32-14-33-25(20)35/h5,7,14-16,21-23,27,40-41H,3-4,6,8-13H2,1-2H3,(H,30,36)(H,31,42)(H,37,38)(H,46,47)(H,48,49)(H2,29,32,33)(H2,43,44,45). The Kier molecular flexibility index (Phi) is 18.1. The third-order valence-electron chi connectivity index (χ3n) is 7.76. The van der Waals surface area contributed by atoms with Crippen molar-refractivity contribution < 1.29 is 90.4 Å². The number of nitrogens with two attached hydrogens (primary N) is 1. The normalized spacial score (nSPS) is 21.4. The Labute approximate surface area is 333 Å². The molecular formula is C28H44N7O19P3S. The van der Waals surface area contributed by atoms with E-state index in [1.165, 1.54) is 19.9 Å². The third-order valence-corrected chi connectivity index (χ3v) is 11.7. The Balaban J connectivity index is 1.45. The molecule has 326 valence electrons. The van der Waals surface area contributed by atoms with E-state index in [1.807, 2.05) is 0 Å². The topological polar surface area (TPSA) is 401 Å². The van der Waals surface area contributed by atoms with E-state index in [4.69, 9.17) is 24.6 Å². The monoisotopic (exact) mass is 907 g/mol. The van der Waals surface area contributed by atoms with Gasteiger partial charge in [-0.1, -0.05) is 31.7 Å². The number of imidazole rings is 1. The first kappa shape index (κ1) is 49.1. The maximum atomic E-state index is 12.7. The van der Waals surface area contributed by atoms with Crippen molar-refractivity contribution in [1.82, 2.24) is 30.2 Å². The molecule has 0 bridgehead atoms. The number of nitrogen functional groups attached to an aromatic ring is 1. The number of nitrogens with zero attached hydrogens (tertiary/aromatic N) is 4. The Bertz CT molecular complexity index is 1950. The van der Waals surface area contributed by atoms with Gasteiger partial charge in [0.05, 0.1) is 19.5 Å². The molecule has 1 saturated heterocycles. The highest BCUT2D eigenvalue weighted by Crippen LogP contribution is 2.61. The van der Waals surface area contributed by atoms with Gasteiger partial charge in [0.1, 0.15) is 36.3 Å². The average molecular weight is 908 g/mol. The van der Waals surface area contributed by atoms with Crippen LogP contribution in [0.15, 0.2) is 24.8 Å². The summed E-state index contributed by atoms with van der Waals surface area (Å²) in [5.41, 5.74) is 4.21. The number of aliphatic hydroxyl groups excluding tert-OH is 2. The molecular weight excluding hydrogens is 863 g/mol. The van der Waals surface area contributed by atoms with Crippen LogP contribution in [0.1, 0.15) is 45.8 Å². The number of carboxylic acid groups (broad SMARTS) is 1. The van der Waals surface area contributed by atoms with Crippen molar-refractivity contribution in [2.45, 2.75) is 70.2 Å². The molecule has 3 rings (SSSR count). The van der Waals surface area contributed by atoms with Crippen molar-refractivity contribution in [2.24, 2.45) is 5.41 Å². The second kappa shape index (κ2) is 21.3. The first-order chi connectivity index (χ1) is 26.9. The van der Waals surface area contributed by atoms with Gasteiger partial charge in [0.15, 0.2) is 17.7 Å². The van der Waals surface area contributed by atoms with Crippen LogP contribution >= 0.6 is 35.2 Å². The van der Waals surface area contributed by atoms with Crippen LogP contribution in [0.2, 0.25) is 0 Å². The van der Waals surface area contributed by atoms with E-state index in [2.05, 4.69) is 34.4 Å². The molecule has 7 unspecified atom stereocenters. The molecule has 7 atom stereocenters. The van der Waals surface area contributed by atoms with Gasteiger partial charge in [-0.15, -0.1) is 0 Å². The Morgan fingerprint density at radius 2 is 1.74 bits per heavy atom. The lowest BCUT2D eigenvalue weighted by Crippen LogP contribution is -2.46. The summed E-state index contributed by atoms with van der Waals surface area (Å²) in [6.07, 6.45) is -3.36. The number of carbonyl (C=O) groups excluding carboxylic acids is 3. The number of ether oxygens (including phenoxy) is 1. The molecule has 0 radical (unpaired) electrons. The largest absolute Gasteiger partial charge is 0.481 e. The van der Waals surface area contributed by atoms with E-state index in [1.54, 1.807) is 6.08 Å². The molecule has 2 aromatic heterocycles. The summed E-state index contributed by atoms with van der Waals surface area (Å²) in [4.78, 5) is 97.8. The predicted octanol–water partition coefficient (Wildman–Crippen LogP) is -0.524. The minimum atomic E-state index is -5.59. The number of fused-ring (bicyclic) bond motifs is 1. The number of phosphoric ester groups is 3. The Morgan fingerprint density at radius 3 is 2.41 bits per heavy atom. The SMILES string of the molecule is CC(C)(COP(=O)(O)OP(=O)(O)OCC1OC(n2cnc3c(N)ncnc32)C(O)C1OP(=O)(O)O)C(O)C(=O)NCCC(=O)NCCSC(=O)C=CCCCC(=O)O. The van der Waals surface area contributed by atoms with E-state index in [-0.39, 0.29) is 53.8 Å². The van der Waals surface area contributed by atoms with Crippen molar-refractivity contribution in [3.05, 3.63) is 24.8 Å². The van der Waals surface area contributed by atoms with Crippen molar-refractivity contribution in [2.75, 3.05) is 37.8 Å². The van der Waals surface area contributed by atoms with Gasteiger partial charge in [-0.2, -0.15) is 4.31 Å². The number of hydrogen-bond donors (Lipinski definition) is 10. The first-order valence-electron chi connectivity index (χ1n) is 16.9. The number of nitrogens with one attached hydrogen (secondary N) is 2. The van der Waals surface area contributed by atoms with Gasteiger partial charge in [-0.3, -0.25) is 37.3 Å². The summed E-state index contributed by atoms with van der Waals surface area (Å²) in [5.74, 6) is -2.24. The number of aromatic nitrogens is 4. The lowest BCUT2D eigenvalue weighted by atomic mass is 9.87. The molecule has 0 aliphatic carbocycles. The maximum Gasteiger partial charge on any atom is 0.481 e. The van der Waals surface area contributed by atoms with Crippen LogP contribution in [-0.2, 0) is 55.5 Å². The molecule has 3 heterocycles.